The fourth-order valence-electron chi connectivity index (χ4n) is 1.86. The standard InChI is InChI=1S/C11H21NO3/c1-11(6-4-8-15-9-11)12-7-3-2-5-10(13)14/h12H,2-9H2,1H3,(H,13,14). The molecule has 1 unspecified atom stereocenters. The van der Waals surface area contributed by atoms with Gasteiger partial charge in [0.2, 0.25) is 0 Å². The van der Waals surface area contributed by atoms with Crippen molar-refractivity contribution in [1.82, 2.24) is 5.32 Å². The van der Waals surface area contributed by atoms with Gasteiger partial charge in [-0.05, 0) is 39.2 Å². The molecule has 0 radical (unpaired) electrons. The van der Waals surface area contributed by atoms with Crippen LogP contribution in [0.2, 0.25) is 0 Å². The van der Waals surface area contributed by atoms with E-state index < -0.39 is 5.97 Å². The molecular formula is C11H21NO3. The smallest absolute Gasteiger partial charge is 0.303 e. The lowest BCUT2D eigenvalue weighted by Crippen LogP contribution is -2.49. The summed E-state index contributed by atoms with van der Waals surface area (Å²) in [5.41, 5.74) is 0.0987. The quantitative estimate of drug-likeness (QED) is 0.658. The summed E-state index contributed by atoms with van der Waals surface area (Å²) in [6, 6.07) is 0. The third kappa shape index (κ3) is 5.14. The molecule has 0 aromatic carbocycles. The summed E-state index contributed by atoms with van der Waals surface area (Å²) >= 11 is 0. The Morgan fingerprint density at radius 3 is 2.93 bits per heavy atom. The minimum Gasteiger partial charge on any atom is -0.481 e. The lowest BCUT2D eigenvalue weighted by molar-refractivity contribution is -0.137. The van der Waals surface area contributed by atoms with Crippen LogP contribution in [0, 0.1) is 0 Å². The van der Waals surface area contributed by atoms with E-state index in [1.54, 1.807) is 0 Å². The van der Waals surface area contributed by atoms with Gasteiger partial charge in [-0.3, -0.25) is 4.79 Å². The van der Waals surface area contributed by atoms with Gasteiger partial charge < -0.3 is 15.2 Å². The molecule has 15 heavy (non-hydrogen) atoms. The molecule has 1 atom stereocenters. The largest absolute Gasteiger partial charge is 0.481 e. The van der Waals surface area contributed by atoms with Crippen LogP contribution in [-0.2, 0) is 9.53 Å². The van der Waals surface area contributed by atoms with Crippen molar-refractivity contribution < 1.29 is 14.6 Å². The van der Waals surface area contributed by atoms with Crippen LogP contribution >= 0.6 is 0 Å². The first kappa shape index (κ1) is 12.5. The summed E-state index contributed by atoms with van der Waals surface area (Å²) in [5.74, 6) is -0.706. The first-order valence-electron chi connectivity index (χ1n) is 5.67. The van der Waals surface area contributed by atoms with Crippen LogP contribution < -0.4 is 5.32 Å². The van der Waals surface area contributed by atoms with Gasteiger partial charge >= 0.3 is 5.97 Å². The average Bonchev–Trinajstić information content (AvgIpc) is 2.17. The zero-order chi connectivity index (χ0) is 11.1. The molecule has 0 aromatic heterocycles. The van der Waals surface area contributed by atoms with Crippen LogP contribution in [-0.4, -0.2) is 36.4 Å². The van der Waals surface area contributed by atoms with Crippen molar-refractivity contribution in [3.63, 3.8) is 0 Å². The van der Waals surface area contributed by atoms with E-state index in [0.29, 0.717) is 0 Å². The molecule has 0 bridgehead atoms. The van der Waals surface area contributed by atoms with E-state index in [2.05, 4.69) is 12.2 Å². The molecule has 0 amide bonds. The van der Waals surface area contributed by atoms with Crippen LogP contribution in [0.3, 0.4) is 0 Å². The molecule has 0 spiro atoms. The molecular weight excluding hydrogens is 194 g/mol. The fourth-order valence-corrected chi connectivity index (χ4v) is 1.86. The molecule has 0 saturated carbocycles. The zero-order valence-corrected chi connectivity index (χ0v) is 9.42. The number of rotatable bonds is 6. The van der Waals surface area contributed by atoms with Crippen molar-refractivity contribution in [1.29, 1.82) is 0 Å². The summed E-state index contributed by atoms with van der Waals surface area (Å²) in [4.78, 5) is 10.3. The number of hydrogen-bond acceptors (Lipinski definition) is 3. The maximum absolute atomic E-state index is 10.3. The number of ether oxygens (including phenoxy) is 1. The van der Waals surface area contributed by atoms with E-state index in [9.17, 15) is 4.79 Å². The molecule has 88 valence electrons. The molecule has 2 N–H and O–H groups in total. The van der Waals surface area contributed by atoms with Crippen molar-refractivity contribution >= 4 is 5.97 Å². The van der Waals surface area contributed by atoms with Crippen LogP contribution in [0.25, 0.3) is 0 Å². The van der Waals surface area contributed by atoms with E-state index in [-0.39, 0.29) is 12.0 Å². The maximum Gasteiger partial charge on any atom is 0.303 e. The lowest BCUT2D eigenvalue weighted by Gasteiger charge is -2.34. The molecule has 0 aliphatic carbocycles. The van der Waals surface area contributed by atoms with E-state index in [1.807, 2.05) is 0 Å². The Morgan fingerprint density at radius 2 is 2.33 bits per heavy atom. The topological polar surface area (TPSA) is 58.6 Å². The minimum absolute atomic E-state index is 0.0987. The number of carboxylic acids is 1. The number of aliphatic carboxylic acids is 1. The predicted molar refractivity (Wildman–Crippen MR) is 57.9 cm³/mol. The van der Waals surface area contributed by atoms with Gasteiger partial charge in [0.25, 0.3) is 0 Å². The SMILES string of the molecule is CC1(NCCCCC(=O)O)CCCOC1. The van der Waals surface area contributed by atoms with Crippen LogP contribution in [0.15, 0.2) is 0 Å². The van der Waals surface area contributed by atoms with Crippen LogP contribution in [0.1, 0.15) is 39.0 Å². The van der Waals surface area contributed by atoms with E-state index >= 15 is 0 Å². The van der Waals surface area contributed by atoms with E-state index in [1.165, 1.54) is 0 Å². The Hall–Kier alpha value is -0.610. The van der Waals surface area contributed by atoms with Gasteiger partial charge in [0, 0.05) is 18.6 Å². The number of unbranched alkanes of at least 4 members (excludes halogenated alkanes) is 1. The Morgan fingerprint density at radius 1 is 1.53 bits per heavy atom. The maximum atomic E-state index is 10.3. The number of hydrogen-bond donors (Lipinski definition) is 2. The normalized spacial score (nSPS) is 26.5. The number of nitrogens with one attached hydrogen (secondary N) is 1. The van der Waals surface area contributed by atoms with Crippen molar-refractivity contribution in [2.24, 2.45) is 0 Å². The van der Waals surface area contributed by atoms with Crippen LogP contribution in [0.4, 0.5) is 0 Å². The summed E-state index contributed by atoms with van der Waals surface area (Å²) < 4.78 is 5.42. The molecule has 1 fully saturated rings. The van der Waals surface area contributed by atoms with Gasteiger partial charge in [-0.2, -0.15) is 0 Å². The molecule has 1 heterocycles. The molecule has 1 aliphatic heterocycles. The summed E-state index contributed by atoms with van der Waals surface area (Å²) in [6.07, 6.45) is 4.20. The Kier molecular flexibility index (Phi) is 5.05. The van der Waals surface area contributed by atoms with Gasteiger partial charge in [0.1, 0.15) is 0 Å². The number of carbonyl (C=O) groups is 1. The Balaban J connectivity index is 2.05. The van der Waals surface area contributed by atoms with Gasteiger partial charge in [-0.25, -0.2) is 0 Å². The number of carboxylic acid groups (broad SMARTS) is 1. The Labute approximate surface area is 91.0 Å². The predicted octanol–water partition coefficient (Wildman–Crippen LogP) is 1.40. The molecule has 4 heteroatoms. The third-order valence-electron chi connectivity index (χ3n) is 2.81. The first-order valence-corrected chi connectivity index (χ1v) is 5.67. The van der Waals surface area contributed by atoms with Gasteiger partial charge in [-0.1, -0.05) is 0 Å². The van der Waals surface area contributed by atoms with Crippen molar-refractivity contribution in [3.8, 4) is 0 Å². The van der Waals surface area contributed by atoms with Crippen molar-refractivity contribution in [2.45, 2.75) is 44.6 Å². The zero-order valence-electron chi connectivity index (χ0n) is 9.42. The van der Waals surface area contributed by atoms with Gasteiger partial charge in [-0.15, -0.1) is 0 Å². The molecule has 4 nitrogen and oxygen atoms in total. The van der Waals surface area contributed by atoms with Crippen LogP contribution in [0.5, 0.6) is 0 Å². The first-order chi connectivity index (χ1) is 7.12. The van der Waals surface area contributed by atoms with Crippen molar-refractivity contribution in [2.75, 3.05) is 19.8 Å². The summed E-state index contributed by atoms with van der Waals surface area (Å²) in [6.45, 7) is 4.69. The Bertz CT molecular complexity index is 200. The highest BCUT2D eigenvalue weighted by atomic mass is 16.5. The second-order valence-electron chi connectivity index (χ2n) is 4.49. The lowest BCUT2D eigenvalue weighted by atomic mass is 9.95. The highest BCUT2D eigenvalue weighted by molar-refractivity contribution is 5.66. The van der Waals surface area contributed by atoms with Gasteiger partial charge in [0.15, 0.2) is 0 Å². The summed E-state index contributed by atoms with van der Waals surface area (Å²) in [5, 5.41) is 11.9. The van der Waals surface area contributed by atoms with E-state index in [0.717, 1.165) is 45.4 Å². The summed E-state index contributed by atoms with van der Waals surface area (Å²) in [7, 11) is 0. The molecule has 1 saturated heterocycles. The fraction of sp³-hybridized carbons (Fsp3) is 0.909. The minimum atomic E-state index is -0.706. The van der Waals surface area contributed by atoms with Crippen molar-refractivity contribution in [3.05, 3.63) is 0 Å². The second kappa shape index (κ2) is 6.08. The third-order valence-corrected chi connectivity index (χ3v) is 2.81. The monoisotopic (exact) mass is 215 g/mol. The van der Waals surface area contributed by atoms with E-state index in [4.69, 9.17) is 9.84 Å². The molecule has 1 aliphatic rings. The average molecular weight is 215 g/mol. The highest BCUT2D eigenvalue weighted by Crippen LogP contribution is 2.18. The van der Waals surface area contributed by atoms with Gasteiger partial charge in [0.05, 0.1) is 6.61 Å². The second-order valence-corrected chi connectivity index (χ2v) is 4.49. The molecule has 1 rings (SSSR count). The molecule has 0 aromatic rings. The highest BCUT2D eigenvalue weighted by Gasteiger charge is 2.26.